The van der Waals surface area contributed by atoms with E-state index in [1.54, 1.807) is 18.7 Å². The van der Waals surface area contributed by atoms with E-state index in [-0.39, 0.29) is 76.2 Å². The molecule has 98 heavy (non-hydrogen) atoms. The van der Waals surface area contributed by atoms with Crippen molar-refractivity contribution in [3.8, 4) is 0 Å². The number of hydrogen-bond acceptors (Lipinski definition) is 12. The second-order valence-electron chi connectivity index (χ2n) is 29.8. The molecule has 0 aromatic heterocycles. The average molecular weight is 1410 g/mol. The quantitative estimate of drug-likeness (QED) is 0.215. The van der Waals surface area contributed by atoms with Crippen molar-refractivity contribution in [2.75, 3.05) is 88.6 Å². The van der Waals surface area contributed by atoms with E-state index in [4.69, 9.17) is 11.6 Å². The van der Waals surface area contributed by atoms with Crippen LogP contribution in [0, 0.1) is 35.5 Å². The fourth-order valence-corrected chi connectivity index (χ4v) is 16.1. The van der Waals surface area contributed by atoms with Gasteiger partial charge in [-0.3, -0.25) is 57.5 Å². The number of rotatable bonds is 11. The van der Waals surface area contributed by atoms with Crippen LogP contribution in [0.1, 0.15) is 189 Å². The van der Waals surface area contributed by atoms with E-state index in [1.165, 1.54) is 73.8 Å². The van der Waals surface area contributed by atoms with Crippen LogP contribution in [-0.4, -0.2) is 263 Å². The first-order valence-corrected chi connectivity index (χ1v) is 36.5. The lowest BCUT2D eigenvalue weighted by Gasteiger charge is -2.43. The van der Waals surface area contributed by atoms with Crippen LogP contribution in [0.15, 0.2) is 0 Å². The van der Waals surface area contributed by atoms with E-state index in [9.17, 15) is 41.9 Å². The molecule has 24 nitrogen and oxygen atoms in total. The normalized spacial score (nSPS) is 29.7. The largest absolute Gasteiger partial charge is 0.393 e. The highest BCUT2D eigenvalue weighted by Gasteiger charge is 2.52. The van der Waals surface area contributed by atoms with Gasteiger partial charge in [0.25, 0.3) is 0 Å². The first-order valence-electron chi connectivity index (χ1n) is 36.1. The molecule has 0 aromatic carbocycles. The highest BCUT2D eigenvalue weighted by atomic mass is 35.5. The number of likely N-dealkylation sites (N-methyl/N-ethyl adjacent to an activating group) is 7. The Balaban J connectivity index is 1.42. The third kappa shape index (κ3) is 20.0. The Bertz CT molecular complexity index is 2840. The van der Waals surface area contributed by atoms with Gasteiger partial charge in [-0.25, -0.2) is 0 Å². The van der Waals surface area contributed by atoms with Gasteiger partial charge in [0.1, 0.15) is 47.8 Å². The van der Waals surface area contributed by atoms with Crippen LogP contribution in [0.2, 0.25) is 0 Å². The van der Waals surface area contributed by atoms with Crippen LogP contribution in [0.4, 0.5) is 13.2 Å². The van der Waals surface area contributed by atoms with Gasteiger partial charge in [0.2, 0.25) is 70.9 Å². The van der Waals surface area contributed by atoms with Crippen molar-refractivity contribution < 1.29 is 70.7 Å². The molecule has 6 aliphatic rings. The number of likely N-dealkylation sites (tertiary alicyclic amines) is 1. The second-order valence-corrected chi connectivity index (χ2v) is 30.4. The van der Waals surface area contributed by atoms with E-state index >= 15 is 28.8 Å². The molecule has 3 saturated carbocycles. The molecule has 3 aliphatic carbocycles. The van der Waals surface area contributed by atoms with Gasteiger partial charge < -0.3 is 60.0 Å². The summed E-state index contributed by atoms with van der Waals surface area (Å²) >= 11 is 6.38. The van der Waals surface area contributed by atoms with E-state index in [2.05, 4.69) is 16.0 Å². The minimum absolute atomic E-state index is 0.00223. The summed E-state index contributed by atoms with van der Waals surface area (Å²) in [6.45, 7) is 10.1. The van der Waals surface area contributed by atoms with Crippen molar-refractivity contribution in [2.45, 2.75) is 249 Å². The molecule has 3 aliphatic heterocycles. The number of nitrogens with zero attached hydrogens (tertiary/aromatic N) is 9. The number of halogens is 4. The number of alkyl halides is 4. The Labute approximate surface area is 583 Å². The number of fused-ring (bicyclic) bond motifs is 1. The molecule has 3 heterocycles. The first kappa shape index (κ1) is 80.7. The summed E-state index contributed by atoms with van der Waals surface area (Å²) in [6.07, 6.45) is 3.66. The number of carbonyl (C=O) groups excluding carboxylic acids is 12. The van der Waals surface area contributed by atoms with Crippen molar-refractivity contribution in [3.63, 3.8) is 0 Å². The Kier molecular flexibility index (Phi) is 29.5. The van der Waals surface area contributed by atoms with E-state index in [0.717, 1.165) is 40.4 Å². The molecule has 0 aromatic rings. The smallest absolute Gasteiger partial charge is 0.343 e. The van der Waals surface area contributed by atoms with E-state index < -0.39 is 180 Å². The lowest BCUT2D eigenvalue weighted by atomic mass is 9.78. The summed E-state index contributed by atoms with van der Waals surface area (Å²) in [5, 5.41) is 7.58. The Hall–Kier alpha value is -6.28. The third-order valence-corrected chi connectivity index (χ3v) is 22.8. The highest BCUT2D eigenvalue weighted by Crippen LogP contribution is 2.44. The zero-order valence-electron chi connectivity index (χ0n) is 60.5. The van der Waals surface area contributed by atoms with Crippen molar-refractivity contribution in [3.05, 3.63) is 0 Å². The van der Waals surface area contributed by atoms with Crippen molar-refractivity contribution in [1.29, 1.82) is 0 Å². The molecular weight excluding hydrogens is 1290 g/mol. The molecule has 6 fully saturated rings. The summed E-state index contributed by atoms with van der Waals surface area (Å²) in [4.78, 5) is 190. The van der Waals surface area contributed by atoms with Crippen LogP contribution < -0.4 is 16.0 Å². The predicted octanol–water partition coefficient (Wildman–Crippen LogP) is 5.56. The molecule has 28 heteroatoms. The summed E-state index contributed by atoms with van der Waals surface area (Å²) in [5.41, 5.74) is -1.55. The molecule has 554 valence electrons. The van der Waals surface area contributed by atoms with Gasteiger partial charge in [-0.15, -0.1) is 11.6 Å². The maximum atomic E-state index is 15.8. The molecule has 12 atom stereocenters. The highest BCUT2D eigenvalue weighted by molar-refractivity contribution is 6.21. The van der Waals surface area contributed by atoms with E-state index in [0.29, 0.717) is 70.9 Å². The maximum Gasteiger partial charge on any atom is 0.393 e. The van der Waals surface area contributed by atoms with Gasteiger partial charge in [-0.1, -0.05) is 86.5 Å². The number of carbonyl (C=O) groups is 12. The van der Waals surface area contributed by atoms with Gasteiger partial charge >= 0.3 is 6.18 Å². The van der Waals surface area contributed by atoms with Crippen molar-refractivity contribution in [1.82, 2.24) is 60.0 Å². The monoisotopic (exact) mass is 1410 g/mol. The van der Waals surface area contributed by atoms with Crippen LogP contribution in [0.5, 0.6) is 0 Å². The molecule has 0 bridgehead atoms. The van der Waals surface area contributed by atoms with Gasteiger partial charge in [-0.2, -0.15) is 13.2 Å². The molecule has 1 spiro atoms. The molecular formula is C70H114ClF3N12O12. The number of amides is 12. The maximum absolute atomic E-state index is 15.8. The van der Waals surface area contributed by atoms with Crippen LogP contribution >= 0.6 is 11.6 Å². The SMILES string of the molecule is CC[C@H](C)[C@@H]1NC(=O)[C@H](CC(C)C)N(C)C(=O)C[C@@H](C(=O)N2CCCCC2)N(C)C(=O)[C@H](C2CCCCC2)N(C)C(=O)C2(CCCC2)NC(=O)[C@@H]2CCCN2C(=O)[C@H](CCC2CCC(C(F)(F)F)C(Cl)C2)NC(=O)CN(C)C(=O)[C@H]([C@@H](C)CC)N(C)C(=O)CN(C)C(=O)CN(C)C1=O. The van der Waals surface area contributed by atoms with Gasteiger partial charge in [0, 0.05) is 74.3 Å². The number of nitrogens with one attached hydrogen (secondary N) is 3. The zero-order chi connectivity index (χ0) is 72.8. The van der Waals surface area contributed by atoms with Gasteiger partial charge in [0.05, 0.1) is 32.0 Å². The fourth-order valence-electron chi connectivity index (χ4n) is 15.6. The summed E-state index contributed by atoms with van der Waals surface area (Å²) in [5.74, 6) is -11.2. The standard InChI is InChI=1S/C70H114ClF3N12O12/c1-14-44(5)58-65(95)80(9)41-56(89)78(7)42-57(90)83(12)59(45(6)15-2)66(96)79(8)40-54(87)75-50(31-29-46-28-30-48(49(71)38-46)70(72,73)74)63(93)86-36-24-27-51(86)62(92)77-69(32-20-21-33-69)68(98)84(13)60(47-25-18-16-19-26-47)67(97)82(11)53(64(94)85-34-22-17-23-35-85)39-55(88)81(10)52(37-43(3)4)61(91)76-58/h43-53,58-60H,14-42H2,1-13H3,(H,75,87)(H,76,91)(H,77,92)/t44-,45-,46?,48?,49?,50-,51-,52-,53-,58-,59-,60-/m0/s1. The molecule has 6 rings (SSSR count). The van der Waals surface area contributed by atoms with Crippen LogP contribution in [-0.2, 0) is 57.5 Å². The van der Waals surface area contributed by atoms with E-state index in [1.807, 2.05) is 27.7 Å². The van der Waals surface area contributed by atoms with Gasteiger partial charge in [0.15, 0.2) is 0 Å². The summed E-state index contributed by atoms with van der Waals surface area (Å²) in [6, 6.07) is -8.58. The van der Waals surface area contributed by atoms with Crippen LogP contribution in [0.3, 0.4) is 0 Å². The molecule has 3 unspecified atom stereocenters. The third-order valence-electron chi connectivity index (χ3n) is 22.3. The Morgan fingerprint density at radius 1 is 0.592 bits per heavy atom. The Morgan fingerprint density at radius 2 is 1.19 bits per heavy atom. The average Bonchev–Trinajstić information content (AvgIpc) is 1.31. The summed E-state index contributed by atoms with van der Waals surface area (Å²) < 4.78 is 41.9. The minimum Gasteiger partial charge on any atom is -0.343 e. The molecule has 12 amide bonds. The topological polar surface area (TPSA) is 270 Å². The molecule has 3 saturated heterocycles. The second kappa shape index (κ2) is 35.9. The van der Waals surface area contributed by atoms with Crippen molar-refractivity contribution in [2.24, 2.45) is 35.5 Å². The number of hydrogen-bond donors (Lipinski definition) is 3. The number of piperidine rings is 1. The lowest BCUT2D eigenvalue weighted by Crippen LogP contribution is -2.65. The predicted molar refractivity (Wildman–Crippen MR) is 363 cm³/mol. The Morgan fingerprint density at radius 3 is 1.79 bits per heavy atom. The van der Waals surface area contributed by atoms with Gasteiger partial charge in [-0.05, 0) is 126 Å². The lowest BCUT2D eigenvalue weighted by molar-refractivity contribution is -0.182. The minimum atomic E-state index is -4.51. The zero-order valence-corrected chi connectivity index (χ0v) is 61.3. The fraction of sp³-hybridized carbons (Fsp3) is 0.829. The molecule has 0 radical (unpaired) electrons. The first-order chi connectivity index (χ1) is 46.1. The molecule has 3 N–H and O–H groups in total. The van der Waals surface area contributed by atoms with Crippen molar-refractivity contribution >= 4 is 82.5 Å². The summed E-state index contributed by atoms with van der Waals surface area (Å²) in [7, 11) is 9.96. The van der Waals surface area contributed by atoms with Crippen LogP contribution in [0.25, 0.3) is 0 Å².